The Labute approximate surface area is 105 Å². The number of imidazole rings is 1. The van der Waals surface area contributed by atoms with E-state index >= 15 is 0 Å². The van der Waals surface area contributed by atoms with Gasteiger partial charge in [0.25, 0.3) is 0 Å². The first-order chi connectivity index (χ1) is 8.92. The fraction of sp³-hybridized carbons (Fsp3) is 0.538. The van der Waals surface area contributed by atoms with E-state index in [9.17, 15) is 0 Å². The molecule has 94 valence electrons. The van der Waals surface area contributed by atoms with Crippen LogP contribution in [0.5, 0.6) is 0 Å². The van der Waals surface area contributed by atoms with E-state index in [0.717, 1.165) is 32.0 Å². The van der Waals surface area contributed by atoms with Crippen LogP contribution in [0.25, 0.3) is 5.65 Å². The number of aromatic nitrogens is 3. The summed E-state index contributed by atoms with van der Waals surface area (Å²) in [4.78, 5) is 7.11. The quantitative estimate of drug-likeness (QED) is 0.801. The molecular weight excluding hydrogens is 228 g/mol. The highest BCUT2D eigenvalue weighted by molar-refractivity contribution is 5.68. The Morgan fingerprint density at radius 3 is 2.83 bits per heavy atom. The average molecular weight is 244 g/mol. The molecule has 0 amide bonds. The summed E-state index contributed by atoms with van der Waals surface area (Å²) in [5.41, 5.74) is 3.37. The van der Waals surface area contributed by atoms with Crippen molar-refractivity contribution in [3.05, 3.63) is 24.2 Å². The Hall–Kier alpha value is -1.62. The molecule has 1 aliphatic carbocycles. The van der Waals surface area contributed by atoms with Crippen LogP contribution in [-0.4, -0.2) is 40.9 Å². The molecule has 5 nitrogen and oxygen atoms in total. The van der Waals surface area contributed by atoms with Gasteiger partial charge in [-0.15, -0.1) is 0 Å². The van der Waals surface area contributed by atoms with E-state index in [0.29, 0.717) is 5.92 Å². The van der Waals surface area contributed by atoms with Gasteiger partial charge in [-0.05, 0) is 18.9 Å². The molecular formula is C13H16N4O. The summed E-state index contributed by atoms with van der Waals surface area (Å²) in [6.45, 7) is 3.46. The lowest BCUT2D eigenvalue weighted by molar-refractivity contribution is 0.123. The monoisotopic (exact) mass is 244 g/mol. The molecule has 0 aromatic carbocycles. The summed E-state index contributed by atoms with van der Waals surface area (Å²) in [6.07, 6.45) is 6.49. The zero-order valence-electron chi connectivity index (χ0n) is 10.2. The molecule has 2 aromatic rings. The molecule has 1 saturated carbocycles. The van der Waals surface area contributed by atoms with Crippen LogP contribution in [0.1, 0.15) is 24.5 Å². The van der Waals surface area contributed by atoms with E-state index in [1.54, 1.807) is 0 Å². The van der Waals surface area contributed by atoms with Crippen LogP contribution in [0.15, 0.2) is 18.5 Å². The Balaban J connectivity index is 1.78. The highest BCUT2D eigenvalue weighted by Gasteiger charge is 2.27. The van der Waals surface area contributed by atoms with Gasteiger partial charge in [-0.25, -0.2) is 9.50 Å². The van der Waals surface area contributed by atoms with Crippen LogP contribution in [0.3, 0.4) is 0 Å². The minimum Gasteiger partial charge on any atom is -0.378 e. The minimum absolute atomic E-state index is 0.671. The lowest BCUT2D eigenvalue weighted by Gasteiger charge is -2.28. The second-order valence-electron chi connectivity index (χ2n) is 5.02. The number of hydrogen-bond donors (Lipinski definition) is 0. The third kappa shape index (κ3) is 1.66. The molecule has 0 unspecified atom stereocenters. The lowest BCUT2D eigenvalue weighted by Crippen LogP contribution is -2.36. The minimum atomic E-state index is 0.671. The molecule has 0 bridgehead atoms. The van der Waals surface area contributed by atoms with Gasteiger partial charge in [-0.3, -0.25) is 0 Å². The molecule has 0 radical (unpaired) electrons. The third-order valence-electron chi connectivity index (χ3n) is 3.71. The van der Waals surface area contributed by atoms with Crippen LogP contribution in [0.4, 0.5) is 5.69 Å². The van der Waals surface area contributed by atoms with Crippen molar-refractivity contribution in [1.82, 2.24) is 14.6 Å². The van der Waals surface area contributed by atoms with Crippen LogP contribution in [0, 0.1) is 0 Å². The standard InChI is InChI=1S/C13H16N4O/c1-2-10(1)11-9-17-13(15-11)12(3-4-14-17)16-5-7-18-8-6-16/h3-4,9-10H,1-2,5-8H2. The zero-order valence-corrected chi connectivity index (χ0v) is 10.2. The SMILES string of the molecule is c1cc(N2CCOCC2)c2nc(C3CC3)cn2n1. The predicted molar refractivity (Wildman–Crippen MR) is 68.0 cm³/mol. The van der Waals surface area contributed by atoms with E-state index < -0.39 is 0 Å². The average Bonchev–Trinajstić information content (AvgIpc) is 3.18. The molecule has 2 aromatic heterocycles. The van der Waals surface area contributed by atoms with Crippen molar-refractivity contribution in [1.29, 1.82) is 0 Å². The smallest absolute Gasteiger partial charge is 0.177 e. The van der Waals surface area contributed by atoms with Crippen LogP contribution in [-0.2, 0) is 4.74 Å². The topological polar surface area (TPSA) is 42.7 Å². The maximum absolute atomic E-state index is 5.40. The highest BCUT2D eigenvalue weighted by Crippen LogP contribution is 2.39. The molecule has 0 spiro atoms. The molecule has 0 N–H and O–H groups in total. The van der Waals surface area contributed by atoms with Crippen LogP contribution < -0.4 is 4.90 Å². The summed E-state index contributed by atoms with van der Waals surface area (Å²) < 4.78 is 7.32. The molecule has 2 aliphatic rings. The Kier molecular flexibility index (Phi) is 2.26. The molecule has 0 atom stereocenters. The normalized spacial score (nSPS) is 20.6. The van der Waals surface area contributed by atoms with Crippen molar-refractivity contribution >= 4 is 11.3 Å². The largest absolute Gasteiger partial charge is 0.378 e. The lowest BCUT2D eigenvalue weighted by atomic mass is 10.3. The highest BCUT2D eigenvalue weighted by atomic mass is 16.5. The molecule has 5 heteroatoms. The van der Waals surface area contributed by atoms with Crippen molar-refractivity contribution in [3.8, 4) is 0 Å². The molecule has 2 fully saturated rings. The Morgan fingerprint density at radius 1 is 1.22 bits per heavy atom. The Morgan fingerprint density at radius 2 is 2.06 bits per heavy atom. The number of rotatable bonds is 2. The van der Waals surface area contributed by atoms with Crippen molar-refractivity contribution in [2.45, 2.75) is 18.8 Å². The third-order valence-corrected chi connectivity index (χ3v) is 3.71. The summed E-state index contributed by atoms with van der Waals surface area (Å²) in [7, 11) is 0. The van der Waals surface area contributed by atoms with Crippen molar-refractivity contribution in [2.75, 3.05) is 31.2 Å². The van der Waals surface area contributed by atoms with Gasteiger partial charge in [0.1, 0.15) is 0 Å². The van der Waals surface area contributed by atoms with E-state index in [-0.39, 0.29) is 0 Å². The van der Waals surface area contributed by atoms with Gasteiger partial charge in [-0.2, -0.15) is 5.10 Å². The zero-order chi connectivity index (χ0) is 11.9. The van der Waals surface area contributed by atoms with Crippen molar-refractivity contribution in [3.63, 3.8) is 0 Å². The van der Waals surface area contributed by atoms with Gasteiger partial charge >= 0.3 is 0 Å². The first-order valence-electron chi connectivity index (χ1n) is 6.59. The first-order valence-corrected chi connectivity index (χ1v) is 6.59. The van der Waals surface area contributed by atoms with Crippen LogP contribution in [0.2, 0.25) is 0 Å². The fourth-order valence-corrected chi connectivity index (χ4v) is 2.53. The number of hydrogen-bond acceptors (Lipinski definition) is 4. The number of morpholine rings is 1. The molecule has 4 rings (SSSR count). The molecule has 18 heavy (non-hydrogen) atoms. The van der Waals surface area contributed by atoms with Crippen LogP contribution >= 0.6 is 0 Å². The first kappa shape index (κ1) is 10.3. The maximum Gasteiger partial charge on any atom is 0.177 e. The van der Waals surface area contributed by atoms with Gasteiger partial charge < -0.3 is 9.64 Å². The molecule has 1 aliphatic heterocycles. The van der Waals surface area contributed by atoms with Gasteiger partial charge in [0.05, 0.1) is 37.0 Å². The number of ether oxygens (including phenoxy) is 1. The summed E-state index contributed by atoms with van der Waals surface area (Å²) >= 11 is 0. The summed E-state index contributed by atoms with van der Waals surface area (Å²) in [5, 5.41) is 4.36. The number of anilines is 1. The molecule has 3 heterocycles. The number of nitrogens with zero attached hydrogens (tertiary/aromatic N) is 4. The second-order valence-corrected chi connectivity index (χ2v) is 5.02. The van der Waals surface area contributed by atoms with E-state index in [4.69, 9.17) is 9.72 Å². The van der Waals surface area contributed by atoms with Gasteiger partial charge in [-0.1, -0.05) is 0 Å². The Bertz CT molecular complexity index is 569. The van der Waals surface area contributed by atoms with E-state index in [1.165, 1.54) is 24.2 Å². The summed E-state index contributed by atoms with van der Waals surface area (Å²) in [5.74, 6) is 0.671. The van der Waals surface area contributed by atoms with Gasteiger partial charge in [0.15, 0.2) is 5.65 Å². The molecule has 1 saturated heterocycles. The second kappa shape index (κ2) is 3.95. The fourth-order valence-electron chi connectivity index (χ4n) is 2.53. The van der Waals surface area contributed by atoms with Crippen molar-refractivity contribution < 1.29 is 4.74 Å². The van der Waals surface area contributed by atoms with E-state index in [1.807, 2.05) is 10.7 Å². The predicted octanol–water partition coefficient (Wildman–Crippen LogP) is 1.44. The van der Waals surface area contributed by atoms with Gasteiger partial charge in [0, 0.05) is 19.0 Å². The van der Waals surface area contributed by atoms with Gasteiger partial charge in [0.2, 0.25) is 0 Å². The summed E-state index contributed by atoms with van der Waals surface area (Å²) in [6, 6.07) is 2.06. The van der Waals surface area contributed by atoms with E-state index in [2.05, 4.69) is 22.3 Å². The number of fused-ring (bicyclic) bond motifs is 1. The van der Waals surface area contributed by atoms with Crippen molar-refractivity contribution in [2.24, 2.45) is 0 Å². The maximum atomic E-state index is 5.40.